The minimum absolute atomic E-state index is 0.0324. The highest BCUT2D eigenvalue weighted by Crippen LogP contribution is 2.26. The molecule has 0 unspecified atom stereocenters. The lowest BCUT2D eigenvalue weighted by Gasteiger charge is -2.05. The molecule has 0 aromatic carbocycles. The number of imidazole rings is 1. The highest BCUT2D eigenvalue weighted by Gasteiger charge is 2.20. The molecule has 0 aliphatic rings. The Bertz CT molecular complexity index is 919. The van der Waals surface area contributed by atoms with E-state index >= 15 is 0 Å². The fourth-order valence-corrected chi connectivity index (χ4v) is 3.43. The van der Waals surface area contributed by atoms with Crippen LogP contribution in [-0.4, -0.2) is 28.5 Å². The maximum atomic E-state index is 12.2. The Morgan fingerprint density at radius 2 is 2.14 bits per heavy atom. The van der Waals surface area contributed by atoms with Crippen molar-refractivity contribution < 1.29 is 8.42 Å². The zero-order valence-electron chi connectivity index (χ0n) is 11.2. The van der Waals surface area contributed by atoms with Gasteiger partial charge in [-0.25, -0.2) is 13.4 Å². The quantitative estimate of drug-likeness (QED) is 0.715. The van der Waals surface area contributed by atoms with E-state index in [-0.39, 0.29) is 10.6 Å². The van der Waals surface area contributed by atoms with Gasteiger partial charge in [0.2, 0.25) is 0 Å². The van der Waals surface area contributed by atoms with Crippen LogP contribution in [0.3, 0.4) is 0 Å². The van der Waals surface area contributed by atoms with Crippen molar-refractivity contribution in [2.45, 2.75) is 11.8 Å². The summed E-state index contributed by atoms with van der Waals surface area (Å²) in [5.74, 6) is 0.0324. The van der Waals surface area contributed by atoms with Crippen LogP contribution in [0, 0.1) is 0 Å². The minimum Gasteiger partial charge on any atom is -0.306 e. The van der Waals surface area contributed by atoms with Crippen molar-refractivity contribution in [2.75, 3.05) is 5.75 Å². The molecule has 0 atom stereocenters. The molecule has 3 aromatic rings. The van der Waals surface area contributed by atoms with Gasteiger partial charge in [-0.15, -0.1) is 0 Å². The molecular formula is C14H12BrN3O2S. The van der Waals surface area contributed by atoms with E-state index in [1.807, 2.05) is 22.7 Å². The molecule has 0 aliphatic carbocycles. The number of pyridine rings is 2. The van der Waals surface area contributed by atoms with Crippen LogP contribution >= 0.6 is 15.9 Å². The minimum atomic E-state index is -3.34. The normalized spacial score (nSPS) is 11.9. The first-order chi connectivity index (χ1) is 10.0. The van der Waals surface area contributed by atoms with Crippen LogP contribution in [0.1, 0.15) is 6.92 Å². The molecule has 3 aromatic heterocycles. The van der Waals surface area contributed by atoms with Gasteiger partial charge in [0.15, 0.2) is 9.84 Å². The highest BCUT2D eigenvalue weighted by molar-refractivity contribution is 9.10. The van der Waals surface area contributed by atoms with E-state index in [9.17, 15) is 8.42 Å². The molecule has 5 nitrogen and oxygen atoms in total. The summed E-state index contributed by atoms with van der Waals surface area (Å²) < 4.78 is 27.1. The van der Waals surface area contributed by atoms with Crippen LogP contribution in [0.4, 0.5) is 0 Å². The van der Waals surface area contributed by atoms with Crippen molar-refractivity contribution in [1.82, 2.24) is 14.4 Å². The van der Waals surface area contributed by atoms with E-state index in [1.165, 1.54) is 0 Å². The van der Waals surface area contributed by atoms with Crippen LogP contribution in [0.5, 0.6) is 0 Å². The molecule has 0 spiro atoms. The Morgan fingerprint density at radius 3 is 2.90 bits per heavy atom. The van der Waals surface area contributed by atoms with Gasteiger partial charge in [-0.1, -0.05) is 22.9 Å². The molecule has 0 amide bonds. The highest BCUT2D eigenvalue weighted by atomic mass is 79.9. The molecule has 0 aliphatic heterocycles. The molecule has 0 radical (unpaired) electrons. The zero-order valence-corrected chi connectivity index (χ0v) is 13.6. The molecule has 0 fully saturated rings. The third-order valence-corrected chi connectivity index (χ3v) is 5.40. The molecule has 108 valence electrons. The molecule has 0 saturated carbocycles. The summed E-state index contributed by atoms with van der Waals surface area (Å²) in [4.78, 5) is 8.89. The molecule has 0 saturated heterocycles. The maximum Gasteiger partial charge on any atom is 0.180 e. The van der Waals surface area contributed by atoms with Gasteiger partial charge in [0.05, 0.1) is 10.6 Å². The van der Waals surface area contributed by atoms with Gasteiger partial charge in [-0.3, -0.25) is 4.98 Å². The van der Waals surface area contributed by atoms with Gasteiger partial charge in [0.1, 0.15) is 17.0 Å². The average molecular weight is 366 g/mol. The van der Waals surface area contributed by atoms with Crippen molar-refractivity contribution in [1.29, 1.82) is 0 Å². The predicted molar refractivity (Wildman–Crippen MR) is 83.8 cm³/mol. The second-order valence-corrected chi connectivity index (χ2v) is 7.65. The molecule has 0 N–H and O–H groups in total. The number of hydrogen-bond acceptors (Lipinski definition) is 4. The van der Waals surface area contributed by atoms with Gasteiger partial charge < -0.3 is 4.40 Å². The Morgan fingerprint density at radius 1 is 1.33 bits per heavy atom. The van der Waals surface area contributed by atoms with Crippen LogP contribution in [0.25, 0.3) is 17.0 Å². The van der Waals surface area contributed by atoms with Gasteiger partial charge >= 0.3 is 0 Å². The smallest absolute Gasteiger partial charge is 0.180 e. The van der Waals surface area contributed by atoms with Gasteiger partial charge in [-0.2, -0.15) is 0 Å². The topological polar surface area (TPSA) is 64.3 Å². The standard InChI is InChI=1S/C14H12BrN3O2S/c1-2-21(19,20)12-4-3-6-16-14(12)11-9-18-7-5-10(15)8-13(18)17-11/h3-9H,2H2,1H3. The lowest BCUT2D eigenvalue weighted by atomic mass is 10.3. The average Bonchev–Trinajstić information content (AvgIpc) is 2.90. The van der Waals surface area contributed by atoms with E-state index in [4.69, 9.17) is 0 Å². The summed E-state index contributed by atoms with van der Waals surface area (Å²) in [5.41, 5.74) is 1.66. The fraction of sp³-hybridized carbons (Fsp3) is 0.143. The van der Waals surface area contributed by atoms with Crippen molar-refractivity contribution in [2.24, 2.45) is 0 Å². The lowest BCUT2D eigenvalue weighted by Crippen LogP contribution is -2.06. The van der Waals surface area contributed by atoms with Crippen LogP contribution < -0.4 is 0 Å². The van der Waals surface area contributed by atoms with Gasteiger partial charge in [0, 0.05) is 23.1 Å². The van der Waals surface area contributed by atoms with E-state index in [1.54, 1.807) is 31.5 Å². The first-order valence-corrected chi connectivity index (χ1v) is 8.78. The number of fused-ring (bicyclic) bond motifs is 1. The van der Waals surface area contributed by atoms with E-state index in [2.05, 4.69) is 25.9 Å². The fourth-order valence-electron chi connectivity index (χ4n) is 2.06. The number of nitrogens with zero attached hydrogens (tertiary/aromatic N) is 3. The maximum absolute atomic E-state index is 12.2. The summed E-state index contributed by atoms with van der Waals surface area (Å²) in [6.45, 7) is 1.62. The van der Waals surface area contributed by atoms with Crippen LogP contribution in [0.15, 0.2) is 52.2 Å². The third-order valence-electron chi connectivity index (χ3n) is 3.15. The van der Waals surface area contributed by atoms with E-state index in [0.717, 1.165) is 10.1 Å². The Hall–Kier alpha value is -1.73. The van der Waals surface area contributed by atoms with E-state index < -0.39 is 9.84 Å². The second-order valence-electron chi connectivity index (χ2n) is 4.49. The van der Waals surface area contributed by atoms with E-state index in [0.29, 0.717) is 11.4 Å². The van der Waals surface area contributed by atoms with Gasteiger partial charge in [0.25, 0.3) is 0 Å². The summed E-state index contributed by atoms with van der Waals surface area (Å²) >= 11 is 3.39. The molecule has 3 heterocycles. The Labute approximate surface area is 130 Å². The predicted octanol–water partition coefficient (Wildman–Crippen LogP) is 2.95. The first kappa shape index (κ1) is 14.2. The molecule has 3 rings (SSSR count). The summed E-state index contributed by atoms with van der Waals surface area (Å²) in [6.07, 6.45) is 5.20. The van der Waals surface area contributed by atoms with Gasteiger partial charge in [-0.05, 0) is 24.3 Å². The van der Waals surface area contributed by atoms with Crippen LogP contribution in [0.2, 0.25) is 0 Å². The second kappa shape index (κ2) is 5.23. The molecular weight excluding hydrogens is 354 g/mol. The molecule has 21 heavy (non-hydrogen) atoms. The van der Waals surface area contributed by atoms with Crippen LogP contribution in [-0.2, 0) is 9.84 Å². The lowest BCUT2D eigenvalue weighted by molar-refractivity contribution is 0.597. The van der Waals surface area contributed by atoms with Crippen molar-refractivity contribution >= 4 is 31.4 Å². The van der Waals surface area contributed by atoms with Crippen molar-refractivity contribution in [3.05, 3.63) is 47.3 Å². The zero-order chi connectivity index (χ0) is 15.0. The SMILES string of the molecule is CCS(=O)(=O)c1cccnc1-c1cn2ccc(Br)cc2n1. The third kappa shape index (κ3) is 2.58. The largest absolute Gasteiger partial charge is 0.306 e. The van der Waals surface area contributed by atoms with Crippen molar-refractivity contribution in [3.8, 4) is 11.4 Å². The number of aromatic nitrogens is 3. The molecule has 0 bridgehead atoms. The summed E-state index contributed by atoms with van der Waals surface area (Å²) in [5, 5.41) is 0. The summed E-state index contributed by atoms with van der Waals surface area (Å²) in [6, 6.07) is 6.94. The Kier molecular flexibility index (Phi) is 3.54. The number of hydrogen-bond donors (Lipinski definition) is 0. The monoisotopic (exact) mass is 365 g/mol. The first-order valence-electron chi connectivity index (χ1n) is 6.33. The van der Waals surface area contributed by atoms with Crippen molar-refractivity contribution in [3.63, 3.8) is 0 Å². The summed E-state index contributed by atoms with van der Waals surface area (Å²) in [7, 11) is -3.34. The number of sulfone groups is 1. The number of halogens is 1. The Balaban J connectivity index is 2.24. The molecule has 7 heteroatoms. The number of rotatable bonds is 3.